The SMILES string of the molecule is C#CC1(COC(=O)OCc2ccccc2)CC[C@H](n2ccc3c(N)nc(Cl)nc32)O1.CCCCOC(=O)O. The van der Waals surface area contributed by atoms with Crippen LogP contribution in [0.5, 0.6) is 0 Å². The largest absolute Gasteiger partial charge is 0.508 e. The van der Waals surface area contributed by atoms with E-state index < -0.39 is 24.1 Å². The third kappa shape index (κ3) is 7.74. The van der Waals surface area contributed by atoms with Crippen LogP contribution in [-0.2, 0) is 25.6 Å². The number of nitrogens with zero attached hydrogens (tertiary/aromatic N) is 3. The first-order chi connectivity index (χ1) is 18.3. The van der Waals surface area contributed by atoms with E-state index in [0.29, 0.717) is 30.5 Å². The van der Waals surface area contributed by atoms with Gasteiger partial charge in [-0.05, 0) is 42.5 Å². The van der Waals surface area contributed by atoms with Crippen LogP contribution >= 0.6 is 11.6 Å². The van der Waals surface area contributed by atoms with Gasteiger partial charge in [0.05, 0.1) is 12.0 Å². The predicted octanol–water partition coefficient (Wildman–Crippen LogP) is 5.18. The fourth-order valence-corrected chi connectivity index (χ4v) is 3.85. The van der Waals surface area contributed by atoms with Crippen LogP contribution in [0.4, 0.5) is 15.4 Å². The maximum absolute atomic E-state index is 12.0. The third-order valence-corrected chi connectivity index (χ3v) is 5.82. The van der Waals surface area contributed by atoms with Gasteiger partial charge in [0.1, 0.15) is 30.9 Å². The molecule has 1 fully saturated rings. The summed E-state index contributed by atoms with van der Waals surface area (Å²) in [6.07, 6.45) is 7.97. The number of halogens is 1. The summed E-state index contributed by atoms with van der Waals surface area (Å²) in [6, 6.07) is 11.1. The number of hydrogen-bond acceptors (Lipinski definition) is 9. The maximum atomic E-state index is 12.0. The van der Waals surface area contributed by atoms with E-state index in [4.69, 9.17) is 43.1 Å². The van der Waals surface area contributed by atoms with Gasteiger partial charge in [0.25, 0.3) is 0 Å². The van der Waals surface area contributed by atoms with E-state index in [-0.39, 0.29) is 24.3 Å². The van der Waals surface area contributed by atoms with Crippen molar-refractivity contribution < 1.29 is 33.6 Å². The topological polar surface area (TPSA) is 148 Å². The minimum atomic E-state index is -1.18. The Kier molecular flexibility index (Phi) is 10.2. The number of rotatable bonds is 8. The molecule has 1 unspecified atom stereocenters. The number of benzene rings is 1. The Hall–Kier alpha value is -4.01. The standard InChI is InChI=1S/C21H19ClN4O4.C5H10O3/c1-2-21(13-29-20(27)28-12-14-6-4-3-5-7-14)10-8-16(30-21)26-11-9-15-17(23)24-19(22)25-18(15)26;1-2-3-4-8-5(6)7/h1,3-7,9,11,16H,8,10,12-13H2,(H2,23,24,25);2-4H2,1H3,(H,6,7)/t16-,21?;/m1./s1. The van der Waals surface area contributed by atoms with Gasteiger partial charge in [-0.15, -0.1) is 6.42 Å². The second-order valence-corrected chi connectivity index (χ2v) is 8.71. The monoisotopic (exact) mass is 544 g/mol. The number of fused-ring (bicyclic) bond motifs is 1. The fourth-order valence-electron chi connectivity index (χ4n) is 3.68. The average molecular weight is 545 g/mol. The lowest BCUT2D eigenvalue weighted by Gasteiger charge is -2.23. The molecule has 1 aromatic carbocycles. The summed E-state index contributed by atoms with van der Waals surface area (Å²) in [5, 5.41) is 8.63. The summed E-state index contributed by atoms with van der Waals surface area (Å²) in [5.41, 5.74) is 6.25. The molecule has 4 rings (SSSR count). The van der Waals surface area contributed by atoms with E-state index in [0.717, 1.165) is 18.4 Å². The second kappa shape index (κ2) is 13.5. The first-order valence-electron chi connectivity index (χ1n) is 11.9. The average Bonchev–Trinajstić information content (AvgIpc) is 3.52. The quantitative estimate of drug-likeness (QED) is 0.168. The van der Waals surface area contributed by atoms with Crippen molar-refractivity contribution in [2.75, 3.05) is 18.9 Å². The Balaban J connectivity index is 0.000000436. The predicted molar refractivity (Wildman–Crippen MR) is 139 cm³/mol. The highest BCUT2D eigenvalue weighted by atomic mass is 35.5. The lowest BCUT2D eigenvalue weighted by atomic mass is 10.0. The molecule has 3 N–H and O–H groups in total. The number of nitrogen functional groups attached to an aromatic ring is 1. The van der Waals surface area contributed by atoms with Gasteiger partial charge >= 0.3 is 12.3 Å². The Morgan fingerprint density at radius 2 is 2.03 bits per heavy atom. The van der Waals surface area contributed by atoms with Crippen LogP contribution in [0.3, 0.4) is 0 Å². The molecule has 0 saturated carbocycles. The summed E-state index contributed by atoms with van der Waals surface area (Å²) in [7, 11) is 0. The van der Waals surface area contributed by atoms with Crippen LogP contribution in [0.25, 0.3) is 11.0 Å². The van der Waals surface area contributed by atoms with Crippen molar-refractivity contribution in [1.82, 2.24) is 14.5 Å². The molecule has 2 aromatic heterocycles. The highest BCUT2D eigenvalue weighted by Gasteiger charge is 2.41. The van der Waals surface area contributed by atoms with Gasteiger partial charge in [0, 0.05) is 6.20 Å². The minimum absolute atomic E-state index is 0.0469. The zero-order valence-electron chi connectivity index (χ0n) is 20.8. The number of carbonyl (C=O) groups excluding carboxylic acids is 1. The van der Waals surface area contributed by atoms with Gasteiger partial charge < -0.3 is 34.4 Å². The van der Waals surface area contributed by atoms with E-state index in [1.165, 1.54) is 0 Å². The molecule has 1 aliphatic rings. The van der Waals surface area contributed by atoms with Crippen LogP contribution in [0.15, 0.2) is 42.6 Å². The molecule has 38 heavy (non-hydrogen) atoms. The number of ether oxygens (including phenoxy) is 4. The summed E-state index contributed by atoms with van der Waals surface area (Å²) < 4.78 is 22.4. The van der Waals surface area contributed by atoms with Crippen molar-refractivity contribution in [2.45, 2.75) is 51.0 Å². The molecular formula is C26H29ClN4O7. The van der Waals surface area contributed by atoms with Crippen molar-refractivity contribution >= 4 is 40.8 Å². The van der Waals surface area contributed by atoms with E-state index >= 15 is 0 Å². The first kappa shape index (κ1) is 28.6. The van der Waals surface area contributed by atoms with Crippen LogP contribution < -0.4 is 5.73 Å². The Bertz CT molecular complexity index is 1280. The fraction of sp³-hybridized carbons (Fsp3) is 0.385. The summed E-state index contributed by atoms with van der Waals surface area (Å²) in [5.74, 6) is 2.90. The molecule has 0 spiro atoms. The second-order valence-electron chi connectivity index (χ2n) is 8.37. The highest BCUT2D eigenvalue weighted by Crippen LogP contribution is 2.38. The number of hydrogen-bond donors (Lipinski definition) is 2. The van der Waals surface area contributed by atoms with Crippen LogP contribution in [-0.4, -0.2) is 50.8 Å². The smallest absolute Gasteiger partial charge is 0.450 e. The van der Waals surface area contributed by atoms with Crippen molar-refractivity contribution in [2.24, 2.45) is 0 Å². The Labute approximate surface area is 224 Å². The van der Waals surface area contributed by atoms with Gasteiger partial charge in [-0.1, -0.05) is 49.6 Å². The van der Waals surface area contributed by atoms with E-state index in [1.54, 1.807) is 16.8 Å². The molecule has 11 nitrogen and oxygen atoms in total. The highest BCUT2D eigenvalue weighted by molar-refractivity contribution is 6.28. The Morgan fingerprint density at radius 1 is 1.26 bits per heavy atom. The molecule has 3 aromatic rings. The number of anilines is 1. The van der Waals surface area contributed by atoms with E-state index in [9.17, 15) is 9.59 Å². The molecular weight excluding hydrogens is 516 g/mol. The molecule has 0 amide bonds. The lowest BCUT2D eigenvalue weighted by Crippen LogP contribution is -2.34. The van der Waals surface area contributed by atoms with E-state index in [1.807, 2.05) is 37.3 Å². The zero-order valence-corrected chi connectivity index (χ0v) is 21.6. The van der Waals surface area contributed by atoms with Gasteiger partial charge in [0.15, 0.2) is 5.60 Å². The van der Waals surface area contributed by atoms with Crippen molar-refractivity contribution in [1.29, 1.82) is 0 Å². The molecule has 12 heteroatoms. The minimum Gasteiger partial charge on any atom is -0.450 e. The molecule has 2 atom stereocenters. The number of carbonyl (C=O) groups is 2. The van der Waals surface area contributed by atoms with Gasteiger partial charge in [0.2, 0.25) is 5.28 Å². The maximum Gasteiger partial charge on any atom is 0.508 e. The molecule has 0 radical (unpaired) electrons. The summed E-state index contributed by atoms with van der Waals surface area (Å²) in [6.45, 7) is 2.30. The van der Waals surface area contributed by atoms with Crippen molar-refractivity contribution in [3.63, 3.8) is 0 Å². The van der Waals surface area contributed by atoms with Crippen molar-refractivity contribution in [3.05, 3.63) is 53.4 Å². The number of nitrogens with two attached hydrogens (primary N) is 1. The van der Waals surface area contributed by atoms with Gasteiger partial charge in [-0.3, -0.25) is 0 Å². The first-order valence-corrected chi connectivity index (χ1v) is 12.3. The van der Waals surface area contributed by atoms with E-state index in [2.05, 4.69) is 20.6 Å². The van der Waals surface area contributed by atoms with Gasteiger partial charge in [-0.2, -0.15) is 4.98 Å². The molecule has 1 aliphatic heterocycles. The van der Waals surface area contributed by atoms with Crippen molar-refractivity contribution in [3.8, 4) is 12.3 Å². The number of unbranched alkanes of at least 4 members (excludes halogenated alkanes) is 1. The summed E-state index contributed by atoms with van der Waals surface area (Å²) >= 11 is 5.94. The molecule has 202 valence electrons. The van der Waals surface area contributed by atoms with Crippen LogP contribution in [0.2, 0.25) is 5.28 Å². The number of carboxylic acid groups (broad SMARTS) is 1. The molecule has 1 saturated heterocycles. The van der Waals surface area contributed by atoms with Gasteiger partial charge in [-0.25, -0.2) is 14.6 Å². The lowest BCUT2D eigenvalue weighted by molar-refractivity contribution is -0.0736. The normalized spacial score (nSPS) is 18.2. The number of aromatic nitrogens is 3. The third-order valence-electron chi connectivity index (χ3n) is 5.65. The van der Waals surface area contributed by atoms with Crippen LogP contribution in [0.1, 0.15) is 44.4 Å². The molecule has 0 bridgehead atoms. The molecule has 0 aliphatic carbocycles. The molecule has 3 heterocycles. The zero-order chi connectivity index (χ0) is 27.5. The summed E-state index contributed by atoms with van der Waals surface area (Å²) in [4.78, 5) is 29.8. The number of terminal acetylenes is 1. The Morgan fingerprint density at radius 3 is 2.71 bits per heavy atom. The van der Waals surface area contributed by atoms with Crippen LogP contribution in [0, 0.1) is 12.3 Å².